The minimum Gasteiger partial charge on any atom is -0.388 e. The molecule has 1 N–H and O–H groups in total. The first-order chi connectivity index (χ1) is 9.30. The van der Waals surface area contributed by atoms with E-state index in [1.54, 1.807) is 24.8 Å². The van der Waals surface area contributed by atoms with Crippen LogP contribution >= 0.6 is 0 Å². The molecule has 1 aliphatic heterocycles. The maximum Gasteiger partial charge on any atom is 0.270 e. The fraction of sp³-hybridized carbons (Fsp3) is 0.500. The summed E-state index contributed by atoms with van der Waals surface area (Å²) < 4.78 is 0. The van der Waals surface area contributed by atoms with Gasteiger partial charge in [0.05, 0.1) is 16.6 Å². The second-order valence-electron chi connectivity index (χ2n) is 5.62. The van der Waals surface area contributed by atoms with Crippen LogP contribution in [0.4, 0.5) is 5.69 Å². The van der Waals surface area contributed by atoms with Gasteiger partial charge < -0.3 is 10.0 Å². The number of carbonyl (C=O) groups excluding carboxylic acids is 1. The molecule has 1 unspecified atom stereocenters. The summed E-state index contributed by atoms with van der Waals surface area (Å²) in [7, 11) is 0. The van der Waals surface area contributed by atoms with Crippen molar-refractivity contribution in [2.45, 2.75) is 38.3 Å². The number of amides is 1. The molecule has 0 aliphatic carbocycles. The van der Waals surface area contributed by atoms with Gasteiger partial charge in [-0.2, -0.15) is 0 Å². The fourth-order valence-electron chi connectivity index (χ4n) is 2.66. The van der Waals surface area contributed by atoms with Crippen LogP contribution < -0.4 is 0 Å². The number of nitro groups is 1. The van der Waals surface area contributed by atoms with Crippen molar-refractivity contribution in [1.82, 2.24) is 4.90 Å². The maximum absolute atomic E-state index is 12.5. The Kier molecular flexibility index (Phi) is 3.76. The van der Waals surface area contributed by atoms with Gasteiger partial charge in [-0.05, 0) is 32.8 Å². The SMILES string of the molecule is CC(C)(O)C1CCCN1C(=O)c1cccc([N+](=O)[O-])c1. The average Bonchev–Trinajstić information content (AvgIpc) is 2.87. The number of carbonyl (C=O) groups is 1. The van der Waals surface area contributed by atoms with E-state index in [1.165, 1.54) is 18.2 Å². The molecule has 108 valence electrons. The van der Waals surface area contributed by atoms with Gasteiger partial charge in [0.2, 0.25) is 0 Å². The summed E-state index contributed by atoms with van der Waals surface area (Å²) in [6.07, 6.45) is 1.57. The van der Waals surface area contributed by atoms with Crippen LogP contribution in [0.25, 0.3) is 0 Å². The van der Waals surface area contributed by atoms with E-state index in [2.05, 4.69) is 0 Å². The van der Waals surface area contributed by atoms with Gasteiger partial charge in [0.25, 0.3) is 11.6 Å². The summed E-state index contributed by atoms with van der Waals surface area (Å²) in [5.41, 5.74) is -0.794. The molecule has 1 atom stereocenters. The molecule has 2 rings (SSSR count). The number of nitrogens with zero attached hydrogens (tertiary/aromatic N) is 2. The Labute approximate surface area is 117 Å². The first kappa shape index (κ1) is 14.5. The Morgan fingerprint density at radius 3 is 2.80 bits per heavy atom. The topological polar surface area (TPSA) is 83.7 Å². The second-order valence-corrected chi connectivity index (χ2v) is 5.62. The van der Waals surface area contributed by atoms with Crippen LogP contribution in [0.2, 0.25) is 0 Å². The maximum atomic E-state index is 12.5. The number of hydrogen-bond acceptors (Lipinski definition) is 4. The molecule has 0 bridgehead atoms. The molecule has 20 heavy (non-hydrogen) atoms. The summed E-state index contributed by atoms with van der Waals surface area (Å²) >= 11 is 0. The molecule has 1 fully saturated rings. The predicted molar refractivity (Wildman–Crippen MR) is 73.5 cm³/mol. The lowest BCUT2D eigenvalue weighted by atomic mass is 9.96. The highest BCUT2D eigenvalue weighted by Crippen LogP contribution is 2.28. The average molecular weight is 278 g/mol. The van der Waals surface area contributed by atoms with Crippen molar-refractivity contribution in [3.63, 3.8) is 0 Å². The van der Waals surface area contributed by atoms with Crippen LogP contribution in [0.1, 0.15) is 37.0 Å². The molecule has 0 spiro atoms. The molecule has 1 amide bonds. The van der Waals surface area contributed by atoms with Gasteiger partial charge in [-0.15, -0.1) is 0 Å². The largest absolute Gasteiger partial charge is 0.388 e. The van der Waals surface area contributed by atoms with Crippen molar-refractivity contribution in [3.8, 4) is 0 Å². The molecule has 6 heteroatoms. The lowest BCUT2D eigenvalue weighted by molar-refractivity contribution is -0.384. The first-order valence-electron chi connectivity index (χ1n) is 6.58. The number of hydrogen-bond donors (Lipinski definition) is 1. The van der Waals surface area contributed by atoms with E-state index in [-0.39, 0.29) is 23.2 Å². The zero-order valence-corrected chi connectivity index (χ0v) is 11.6. The summed E-state index contributed by atoms with van der Waals surface area (Å²) in [4.78, 5) is 24.3. The Morgan fingerprint density at radius 1 is 1.50 bits per heavy atom. The number of aliphatic hydroxyl groups is 1. The third-order valence-corrected chi connectivity index (χ3v) is 3.63. The molecule has 0 radical (unpaired) electrons. The van der Waals surface area contributed by atoms with Gasteiger partial charge in [-0.25, -0.2) is 0 Å². The molecule has 0 aromatic heterocycles. The van der Waals surface area contributed by atoms with Crippen LogP contribution in [-0.2, 0) is 0 Å². The van der Waals surface area contributed by atoms with Crippen molar-refractivity contribution in [2.24, 2.45) is 0 Å². The van der Waals surface area contributed by atoms with Crippen LogP contribution in [0.15, 0.2) is 24.3 Å². The van der Waals surface area contributed by atoms with Gasteiger partial charge in [0.1, 0.15) is 0 Å². The summed E-state index contributed by atoms with van der Waals surface area (Å²) in [6, 6.07) is 5.45. The highest BCUT2D eigenvalue weighted by molar-refractivity contribution is 5.95. The minimum atomic E-state index is -0.979. The third kappa shape index (κ3) is 2.80. The quantitative estimate of drug-likeness (QED) is 0.676. The Balaban J connectivity index is 2.27. The van der Waals surface area contributed by atoms with Crippen molar-refractivity contribution < 1.29 is 14.8 Å². The van der Waals surface area contributed by atoms with Crippen molar-refractivity contribution in [3.05, 3.63) is 39.9 Å². The lowest BCUT2D eigenvalue weighted by Crippen LogP contribution is -2.48. The number of likely N-dealkylation sites (tertiary alicyclic amines) is 1. The normalized spacial score (nSPS) is 19.1. The summed E-state index contributed by atoms with van der Waals surface area (Å²) in [5, 5.41) is 20.9. The van der Waals surface area contributed by atoms with Gasteiger partial charge >= 0.3 is 0 Å². The Hall–Kier alpha value is -1.95. The number of rotatable bonds is 3. The van der Waals surface area contributed by atoms with E-state index in [4.69, 9.17) is 0 Å². The predicted octanol–water partition coefficient (Wildman–Crippen LogP) is 1.97. The molecule has 1 aromatic carbocycles. The van der Waals surface area contributed by atoms with Crippen molar-refractivity contribution in [2.75, 3.05) is 6.54 Å². The molecule has 1 aliphatic rings. The molecule has 6 nitrogen and oxygen atoms in total. The van der Waals surface area contributed by atoms with E-state index >= 15 is 0 Å². The van der Waals surface area contributed by atoms with E-state index in [0.29, 0.717) is 6.54 Å². The Morgan fingerprint density at radius 2 is 2.20 bits per heavy atom. The lowest BCUT2D eigenvalue weighted by Gasteiger charge is -2.33. The zero-order valence-electron chi connectivity index (χ0n) is 11.6. The molecule has 1 aromatic rings. The van der Waals surface area contributed by atoms with Gasteiger partial charge in [0.15, 0.2) is 0 Å². The molecule has 1 saturated heterocycles. The molecule has 0 saturated carbocycles. The molecular formula is C14H18N2O4. The van der Waals surface area contributed by atoms with E-state index in [9.17, 15) is 20.0 Å². The standard InChI is InChI=1S/C14H18N2O4/c1-14(2,18)12-7-4-8-15(12)13(17)10-5-3-6-11(9-10)16(19)20/h3,5-6,9,12,18H,4,7-8H2,1-2H3. The zero-order chi connectivity index (χ0) is 14.9. The van der Waals surface area contributed by atoms with Gasteiger partial charge in [0, 0.05) is 24.2 Å². The Bertz CT molecular complexity index is 536. The summed E-state index contributed by atoms with van der Waals surface area (Å²) in [5.74, 6) is -0.265. The van der Waals surface area contributed by atoms with Crippen LogP contribution in [0, 0.1) is 10.1 Å². The number of benzene rings is 1. The van der Waals surface area contributed by atoms with E-state index < -0.39 is 10.5 Å². The molecular weight excluding hydrogens is 260 g/mol. The summed E-state index contributed by atoms with van der Waals surface area (Å²) in [6.45, 7) is 3.92. The highest BCUT2D eigenvalue weighted by Gasteiger charge is 2.38. The van der Waals surface area contributed by atoms with Crippen molar-refractivity contribution in [1.29, 1.82) is 0 Å². The molecule has 1 heterocycles. The number of non-ortho nitro benzene ring substituents is 1. The van der Waals surface area contributed by atoms with E-state index in [1.807, 2.05) is 0 Å². The number of nitro benzene ring substituents is 1. The first-order valence-corrected chi connectivity index (χ1v) is 6.58. The minimum absolute atomic E-state index is 0.102. The van der Waals surface area contributed by atoms with Crippen molar-refractivity contribution >= 4 is 11.6 Å². The van der Waals surface area contributed by atoms with Gasteiger partial charge in [-0.1, -0.05) is 6.07 Å². The van der Waals surface area contributed by atoms with Crippen LogP contribution in [-0.4, -0.2) is 39.0 Å². The van der Waals surface area contributed by atoms with E-state index in [0.717, 1.165) is 12.8 Å². The highest BCUT2D eigenvalue weighted by atomic mass is 16.6. The van der Waals surface area contributed by atoms with Gasteiger partial charge in [-0.3, -0.25) is 14.9 Å². The van der Waals surface area contributed by atoms with Crippen LogP contribution in [0.3, 0.4) is 0 Å². The smallest absolute Gasteiger partial charge is 0.270 e. The monoisotopic (exact) mass is 278 g/mol. The van der Waals surface area contributed by atoms with Crippen LogP contribution in [0.5, 0.6) is 0 Å². The fourth-order valence-corrected chi connectivity index (χ4v) is 2.66. The third-order valence-electron chi connectivity index (χ3n) is 3.63. The second kappa shape index (κ2) is 5.20.